The summed E-state index contributed by atoms with van der Waals surface area (Å²) >= 11 is 3.57. The molecule has 1 saturated carbocycles. The Morgan fingerprint density at radius 2 is 1.89 bits per heavy atom. The van der Waals surface area contributed by atoms with Crippen molar-refractivity contribution in [2.24, 2.45) is 4.99 Å². The molecule has 3 N–H and O–H groups in total. The van der Waals surface area contributed by atoms with E-state index >= 15 is 0 Å². The molecule has 5 nitrogen and oxygen atoms in total. The highest BCUT2D eigenvalue weighted by atomic mass is 79.9. The zero-order valence-corrected chi connectivity index (χ0v) is 18.0. The molecule has 28 heavy (non-hydrogen) atoms. The van der Waals surface area contributed by atoms with Crippen LogP contribution in [0.2, 0.25) is 0 Å². The van der Waals surface area contributed by atoms with Crippen LogP contribution in [0, 0.1) is 0 Å². The minimum absolute atomic E-state index is 0.0449. The van der Waals surface area contributed by atoms with Crippen molar-refractivity contribution in [3.05, 3.63) is 69.7 Å². The molecule has 0 bridgehead atoms. The molecular formula is C22H27BrN4O. The molecule has 1 aliphatic carbocycles. The molecule has 0 radical (unpaired) electrons. The number of carbonyl (C=O) groups is 1. The number of hydrogen-bond donors (Lipinski definition) is 3. The summed E-state index contributed by atoms with van der Waals surface area (Å²) in [6, 6.07) is 16.2. The van der Waals surface area contributed by atoms with E-state index in [0.29, 0.717) is 18.7 Å². The predicted molar refractivity (Wildman–Crippen MR) is 118 cm³/mol. The Morgan fingerprint density at radius 3 is 2.57 bits per heavy atom. The van der Waals surface area contributed by atoms with Crippen molar-refractivity contribution in [2.75, 3.05) is 20.1 Å². The average molecular weight is 443 g/mol. The van der Waals surface area contributed by atoms with E-state index in [4.69, 9.17) is 0 Å². The second-order valence-electron chi connectivity index (χ2n) is 7.13. The third-order valence-electron chi connectivity index (χ3n) is 5.09. The maximum absolute atomic E-state index is 12.0. The molecule has 0 heterocycles. The number of rotatable bonds is 7. The predicted octanol–water partition coefficient (Wildman–Crippen LogP) is 3.60. The van der Waals surface area contributed by atoms with Gasteiger partial charge in [-0.2, -0.15) is 0 Å². The third-order valence-corrected chi connectivity index (χ3v) is 5.59. The number of amides is 1. The van der Waals surface area contributed by atoms with Gasteiger partial charge in [-0.05, 0) is 55.2 Å². The van der Waals surface area contributed by atoms with Crippen molar-refractivity contribution in [3.63, 3.8) is 0 Å². The lowest BCUT2D eigenvalue weighted by Gasteiger charge is -2.19. The van der Waals surface area contributed by atoms with Gasteiger partial charge in [0.1, 0.15) is 0 Å². The maximum atomic E-state index is 12.0. The van der Waals surface area contributed by atoms with Gasteiger partial charge in [0.15, 0.2) is 5.96 Å². The summed E-state index contributed by atoms with van der Waals surface area (Å²) in [6.07, 6.45) is 2.37. The summed E-state index contributed by atoms with van der Waals surface area (Å²) in [7, 11) is 1.78. The van der Waals surface area contributed by atoms with E-state index in [-0.39, 0.29) is 11.3 Å². The molecular weight excluding hydrogens is 416 g/mol. The average Bonchev–Trinajstić information content (AvgIpc) is 3.50. The lowest BCUT2D eigenvalue weighted by Crippen LogP contribution is -2.40. The molecule has 1 aliphatic rings. The quantitative estimate of drug-likeness (QED) is 0.453. The molecule has 6 heteroatoms. The number of carbonyl (C=O) groups excluding carboxylic acids is 1. The summed E-state index contributed by atoms with van der Waals surface area (Å²) in [6.45, 7) is 4.00. The smallest absolute Gasteiger partial charge is 0.251 e. The molecule has 0 spiro atoms. The molecule has 3 rings (SSSR count). The van der Waals surface area contributed by atoms with Crippen LogP contribution in [-0.4, -0.2) is 32.0 Å². The fraction of sp³-hybridized carbons (Fsp3) is 0.364. The van der Waals surface area contributed by atoms with Crippen molar-refractivity contribution in [1.82, 2.24) is 16.0 Å². The minimum Gasteiger partial charge on any atom is -0.356 e. The molecule has 2 aromatic rings. The van der Waals surface area contributed by atoms with Crippen molar-refractivity contribution in [2.45, 2.75) is 31.7 Å². The summed E-state index contributed by atoms with van der Waals surface area (Å²) < 4.78 is 1.12. The van der Waals surface area contributed by atoms with Crippen LogP contribution in [0.25, 0.3) is 0 Å². The fourth-order valence-electron chi connectivity index (χ4n) is 3.28. The van der Waals surface area contributed by atoms with Gasteiger partial charge >= 0.3 is 0 Å². The monoisotopic (exact) mass is 442 g/mol. The summed E-state index contributed by atoms with van der Waals surface area (Å²) in [5, 5.41) is 9.64. The highest BCUT2D eigenvalue weighted by Crippen LogP contribution is 2.48. The lowest BCUT2D eigenvalue weighted by molar-refractivity contribution is 0.0955. The van der Waals surface area contributed by atoms with Crippen LogP contribution in [0.1, 0.15) is 41.3 Å². The van der Waals surface area contributed by atoms with Gasteiger partial charge in [0.25, 0.3) is 5.91 Å². The van der Waals surface area contributed by atoms with Crippen LogP contribution in [0.15, 0.2) is 58.0 Å². The van der Waals surface area contributed by atoms with Crippen molar-refractivity contribution in [1.29, 1.82) is 0 Å². The Kier molecular flexibility index (Phi) is 6.73. The first-order valence-corrected chi connectivity index (χ1v) is 10.4. The van der Waals surface area contributed by atoms with Crippen LogP contribution >= 0.6 is 15.9 Å². The second-order valence-corrected chi connectivity index (χ2v) is 8.05. The Morgan fingerprint density at radius 1 is 1.11 bits per heavy atom. The van der Waals surface area contributed by atoms with Gasteiger partial charge in [-0.3, -0.25) is 9.79 Å². The van der Waals surface area contributed by atoms with Crippen molar-refractivity contribution >= 4 is 27.8 Å². The van der Waals surface area contributed by atoms with Crippen LogP contribution in [0.3, 0.4) is 0 Å². The molecule has 1 amide bonds. The zero-order valence-electron chi connectivity index (χ0n) is 16.4. The second kappa shape index (κ2) is 9.24. The molecule has 0 aromatic heterocycles. The number of aliphatic imine (C=N–C) groups is 1. The first-order chi connectivity index (χ1) is 13.6. The van der Waals surface area contributed by atoms with Crippen LogP contribution in [0.5, 0.6) is 0 Å². The van der Waals surface area contributed by atoms with E-state index in [0.717, 1.165) is 22.5 Å². The topological polar surface area (TPSA) is 65.5 Å². The Labute approximate surface area is 175 Å². The van der Waals surface area contributed by atoms with Crippen molar-refractivity contribution in [3.8, 4) is 0 Å². The van der Waals surface area contributed by atoms with Crippen LogP contribution in [-0.2, 0) is 12.0 Å². The Hall–Kier alpha value is -2.34. The van der Waals surface area contributed by atoms with E-state index in [9.17, 15) is 4.79 Å². The standard InChI is InChI=1S/C22H27BrN4O/c1-3-25-20(28)17-7-4-6-16(12-17)14-26-21(24-2)27-15-22(10-11-22)18-8-5-9-19(23)13-18/h4-9,12-13H,3,10-11,14-15H2,1-2H3,(H,25,28)(H2,24,26,27). The number of benzene rings is 2. The van der Waals surface area contributed by atoms with Gasteiger partial charge in [0.2, 0.25) is 0 Å². The summed E-state index contributed by atoms with van der Waals surface area (Å²) in [4.78, 5) is 16.3. The van der Waals surface area contributed by atoms with E-state index in [1.165, 1.54) is 18.4 Å². The van der Waals surface area contributed by atoms with Crippen LogP contribution in [0.4, 0.5) is 0 Å². The van der Waals surface area contributed by atoms with Gasteiger partial charge in [-0.1, -0.05) is 40.2 Å². The van der Waals surface area contributed by atoms with Gasteiger partial charge in [-0.25, -0.2) is 0 Å². The van der Waals surface area contributed by atoms with E-state index < -0.39 is 0 Å². The molecule has 0 aliphatic heterocycles. The number of hydrogen-bond acceptors (Lipinski definition) is 2. The third kappa shape index (κ3) is 5.13. The highest BCUT2D eigenvalue weighted by Gasteiger charge is 2.44. The maximum Gasteiger partial charge on any atom is 0.251 e. The van der Waals surface area contributed by atoms with Gasteiger partial charge < -0.3 is 16.0 Å². The normalized spacial score (nSPS) is 15.0. The minimum atomic E-state index is -0.0449. The molecule has 0 unspecified atom stereocenters. The van der Waals surface area contributed by atoms with E-state index in [1.54, 1.807) is 7.05 Å². The molecule has 148 valence electrons. The Bertz CT molecular complexity index is 861. The Balaban J connectivity index is 1.56. The molecule has 1 fully saturated rings. The zero-order chi connectivity index (χ0) is 20.0. The van der Waals surface area contributed by atoms with Gasteiger partial charge in [0.05, 0.1) is 0 Å². The van der Waals surface area contributed by atoms with E-state index in [1.807, 2.05) is 31.2 Å². The number of nitrogens with one attached hydrogen (secondary N) is 3. The molecule has 2 aromatic carbocycles. The first-order valence-electron chi connectivity index (χ1n) is 9.64. The van der Waals surface area contributed by atoms with Gasteiger partial charge in [0, 0.05) is 42.1 Å². The number of halogens is 1. The van der Waals surface area contributed by atoms with Gasteiger partial charge in [-0.15, -0.1) is 0 Å². The summed E-state index contributed by atoms with van der Waals surface area (Å²) in [5.41, 5.74) is 3.27. The molecule has 0 saturated heterocycles. The van der Waals surface area contributed by atoms with Crippen LogP contribution < -0.4 is 16.0 Å². The first kappa shape index (κ1) is 20.4. The largest absolute Gasteiger partial charge is 0.356 e. The number of nitrogens with zero attached hydrogens (tertiary/aromatic N) is 1. The highest BCUT2D eigenvalue weighted by molar-refractivity contribution is 9.10. The number of guanidine groups is 1. The van der Waals surface area contributed by atoms with Crippen molar-refractivity contribution < 1.29 is 4.79 Å². The summed E-state index contributed by atoms with van der Waals surface area (Å²) in [5.74, 6) is 0.723. The molecule has 0 atom stereocenters. The van der Waals surface area contributed by atoms with E-state index in [2.05, 4.69) is 61.1 Å². The SMILES string of the molecule is CCNC(=O)c1cccc(CNC(=NC)NCC2(c3cccc(Br)c3)CC2)c1. The lowest BCUT2D eigenvalue weighted by atomic mass is 9.96. The fourth-order valence-corrected chi connectivity index (χ4v) is 3.68.